The number of hydrogen-bond acceptors (Lipinski definition) is 1. The standard InChI is InChI=1S/C14H24O/c1-4-5-6-13(10-12-7-8-12)14(15)9-11(2)3/h4-5,11-13H,6-10H2,1-3H3/b5-4+. The van der Waals surface area contributed by atoms with Crippen LogP contribution in [0.4, 0.5) is 0 Å². The molecule has 1 atom stereocenters. The van der Waals surface area contributed by atoms with Crippen LogP contribution in [0.15, 0.2) is 12.2 Å². The van der Waals surface area contributed by atoms with Crippen molar-refractivity contribution in [1.82, 2.24) is 0 Å². The Morgan fingerprint density at radius 3 is 2.53 bits per heavy atom. The van der Waals surface area contributed by atoms with Crippen molar-refractivity contribution in [2.75, 3.05) is 0 Å². The van der Waals surface area contributed by atoms with Gasteiger partial charge in [-0.2, -0.15) is 0 Å². The molecule has 1 fully saturated rings. The lowest BCUT2D eigenvalue weighted by Gasteiger charge is -2.14. The molecular weight excluding hydrogens is 184 g/mol. The van der Waals surface area contributed by atoms with Crippen LogP contribution < -0.4 is 0 Å². The maximum Gasteiger partial charge on any atom is 0.136 e. The summed E-state index contributed by atoms with van der Waals surface area (Å²) in [6, 6.07) is 0. The van der Waals surface area contributed by atoms with Gasteiger partial charge in [-0.3, -0.25) is 4.79 Å². The van der Waals surface area contributed by atoms with Gasteiger partial charge in [0.15, 0.2) is 0 Å². The van der Waals surface area contributed by atoms with E-state index in [0.717, 1.165) is 25.2 Å². The molecule has 0 aromatic carbocycles. The van der Waals surface area contributed by atoms with E-state index in [-0.39, 0.29) is 0 Å². The molecule has 1 aliphatic rings. The summed E-state index contributed by atoms with van der Waals surface area (Å²) >= 11 is 0. The van der Waals surface area contributed by atoms with Crippen molar-refractivity contribution in [3.05, 3.63) is 12.2 Å². The van der Waals surface area contributed by atoms with Gasteiger partial charge in [-0.1, -0.05) is 38.8 Å². The second-order valence-corrected chi connectivity index (χ2v) is 5.25. The molecule has 0 aromatic heterocycles. The number of carbonyl (C=O) groups excluding carboxylic acids is 1. The van der Waals surface area contributed by atoms with E-state index in [1.807, 2.05) is 6.92 Å². The summed E-state index contributed by atoms with van der Waals surface area (Å²) in [6.07, 6.45) is 9.75. The number of allylic oxidation sites excluding steroid dienone is 2. The van der Waals surface area contributed by atoms with E-state index in [4.69, 9.17) is 0 Å². The highest BCUT2D eigenvalue weighted by Gasteiger charge is 2.28. The lowest BCUT2D eigenvalue weighted by molar-refractivity contribution is -0.123. The van der Waals surface area contributed by atoms with Gasteiger partial charge < -0.3 is 0 Å². The van der Waals surface area contributed by atoms with Crippen LogP contribution in [0.25, 0.3) is 0 Å². The first-order chi connectivity index (χ1) is 7.13. The van der Waals surface area contributed by atoms with Crippen LogP contribution in [0.5, 0.6) is 0 Å². The van der Waals surface area contributed by atoms with E-state index >= 15 is 0 Å². The monoisotopic (exact) mass is 208 g/mol. The molecule has 0 saturated heterocycles. The van der Waals surface area contributed by atoms with Crippen molar-refractivity contribution in [3.63, 3.8) is 0 Å². The molecule has 1 saturated carbocycles. The third-order valence-electron chi connectivity index (χ3n) is 3.04. The molecule has 0 aliphatic heterocycles. The number of hydrogen-bond donors (Lipinski definition) is 0. The molecule has 1 unspecified atom stereocenters. The Balaban J connectivity index is 2.41. The molecule has 0 radical (unpaired) electrons. The fraction of sp³-hybridized carbons (Fsp3) is 0.786. The molecule has 1 rings (SSSR count). The van der Waals surface area contributed by atoms with E-state index in [1.165, 1.54) is 12.8 Å². The highest BCUT2D eigenvalue weighted by Crippen LogP contribution is 2.37. The Bertz CT molecular complexity index is 223. The molecular formula is C14H24O. The summed E-state index contributed by atoms with van der Waals surface area (Å²) in [4.78, 5) is 12.0. The molecule has 0 aromatic rings. The summed E-state index contributed by atoms with van der Waals surface area (Å²) < 4.78 is 0. The second-order valence-electron chi connectivity index (χ2n) is 5.25. The highest BCUT2D eigenvalue weighted by atomic mass is 16.1. The number of Topliss-reactive ketones (excluding diaryl/α,β-unsaturated/α-hetero) is 1. The Labute approximate surface area is 93.9 Å². The minimum atomic E-state index is 0.302. The van der Waals surface area contributed by atoms with Crippen LogP contribution in [0.3, 0.4) is 0 Å². The molecule has 86 valence electrons. The molecule has 0 bridgehead atoms. The highest BCUT2D eigenvalue weighted by molar-refractivity contribution is 5.81. The molecule has 0 heterocycles. The largest absolute Gasteiger partial charge is 0.299 e. The molecule has 0 amide bonds. The fourth-order valence-electron chi connectivity index (χ4n) is 1.98. The Morgan fingerprint density at radius 2 is 2.07 bits per heavy atom. The van der Waals surface area contributed by atoms with Gasteiger partial charge in [0.1, 0.15) is 5.78 Å². The van der Waals surface area contributed by atoms with Crippen LogP contribution >= 0.6 is 0 Å². The molecule has 0 spiro atoms. The number of carbonyl (C=O) groups is 1. The third-order valence-corrected chi connectivity index (χ3v) is 3.04. The lowest BCUT2D eigenvalue weighted by Crippen LogP contribution is -2.16. The average molecular weight is 208 g/mol. The molecule has 0 N–H and O–H groups in total. The van der Waals surface area contributed by atoms with Gasteiger partial charge >= 0.3 is 0 Å². The van der Waals surface area contributed by atoms with Gasteiger partial charge in [0.2, 0.25) is 0 Å². The summed E-state index contributed by atoms with van der Waals surface area (Å²) in [6.45, 7) is 6.28. The van der Waals surface area contributed by atoms with Crippen LogP contribution in [0, 0.1) is 17.8 Å². The van der Waals surface area contributed by atoms with Crippen molar-refractivity contribution in [2.24, 2.45) is 17.8 Å². The minimum absolute atomic E-state index is 0.302. The summed E-state index contributed by atoms with van der Waals surface area (Å²) in [5.74, 6) is 2.15. The van der Waals surface area contributed by atoms with Crippen molar-refractivity contribution >= 4 is 5.78 Å². The zero-order chi connectivity index (χ0) is 11.3. The van der Waals surface area contributed by atoms with E-state index in [9.17, 15) is 4.79 Å². The van der Waals surface area contributed by atoms with E-state index < -0.39 is 0 Å². The van der Waals surface area contributed by atoms with Gasteiger partial charge in [0.25, 0.3) is 0 Å². The summed E-state index contributed by atoms with van der Waals surface area (Å²) in [5, 5.41) is 0. The predicted octanol–water partition coefficient (Wildman–Crippen LogP) is 3.98. The van der Waals surface area contributed by atoms with Crippen LogP contribution in [0.2, 0.25) is 0 Å². The predicted molar refractivity (Wildman–Crippen MR) is 64.7 cm³/mol. The van der Waals surface area contributed by atoms with Gasteiger partial charge in [-0.15, -0.1) is 0 Å². The first-order valence-electron chi connectivity index (χ1n) is 6.27. The quantitative estimate of drug-likeness (QED) is 0.578. The van der Waals surface area contributed by atoms with Crippen LogP contribution in [0.1, 0.15) is 52.9 Å². The SMILES string of the molecule is C/C=C/CC(CC1CC1)C(=O)CC(C)C. The van der Waals surface area contributed by atoms with E-state index in [2.05, 4.69) is 26.0 Å². The maximum absolute atomic E-state index is 12.0. The van der Waals surface area contributed by atoms with Gasteiger partial charge in [0.05, 0.1) is 0 Å². The third kappa shape index (κ3) is 5.15. The van der Waals surface area contributed by atoms with E-state index in [0.29, 0.717) is 17.6 Å². The van der Waals surface area contributed by atoms with Gasteiger partial charge in [-0.05, 0) is 31.6 Å². The zero-order valence-electron chi connectivity index (χ0n) is 10.3. The Morgan fingerprint density at radius 1 is 1.40 bits per heavy atom. The minimum Gasteiger partial charge on any atom is -0.299 e. The Hall–Kier alpha value is -0.590. The van der Waals surface area contributed by atoms with Crippen molar-refractivity contribution in [3.8, 4) is 0 Å². The van der Waals surface area contributed by atoms with E-state index in [1.54, 1.807) is 0 Å². The van der Waals surface area contributed by atoms with Crippen molar-refractivity contribution in [1.29, 1.82) is 0 Å². The molecule has 15 heavy (non-hydrogen) atoms. The van der Waals surface area contributed by atoms with Gasteiger partial charge in [-0.25, -0.2) is 0 Å². The van der Waals surface area contributed by atoms with Crippen molar-refractivity contribution < 1.29 is 4.79 Å². The summed E-state index contributed by atoms with van der Waals surface area (Å²) in [5.41, 5.74) is 0. The lowest BCUT2D eigenvalue weighted by atomic mass is 9.89. The zero-order valence-corrected chi connectivity index (χ0v) is 10.3. The molecule has 1 heteroatoms. The first kappa shape index (κ1) is 12.5. The first-order valence-corrected chi connectivity index (χ1v) is 6.27. The number of ketones is 1. The molecule has 1 aliphatic carbocycles. The Kier molecular flexibility index (Phi) is 5.07. The summed E-state index contributed by atoms with van der Waals surface area (Å²) in [7, 11) is 0. The average Bonchev–Trinajstić information content (AvgIpc) is 2.94. The maximum atomic E-state index is 12.0. The normalized spacial score (nSPS) is 18.7. The smallest absolute Gasteiger partial charge is 0.136 e. The fourth-order valence-corrected chi connectivity index (χ4v) is 1.98. The second kappa shape index (κ2) is 6.09. The topological polar surface area (TPSA) is 17.1 Å². The van der Waals surface area contributed by atoms with Crippen LogP contribution in [-0.4, -0.2) is 5.78 Å². The van der Waals surface area contributed by atoms with Gasteiger partial charge in [0, 0.05) is 12.3 Å². The van der Waals surface area contributed by atoms with Crippen LogP contribution in [-0.2, 0) is 4.79 Å². The molecule has 1 nitrogen and oxygen atoms in total. The number of rotatable bonds is 7. The van der Waals surface area contributed by atoms with Crippen molar-refractivity contribution in [2.45, 2.75) is 52.9 Å².